The van der Waals surface area contributed by atoms with Crippen LogP contribution in [-0.2, 0) is 9.59 Å². The molecular weight excluding hydrogens is 344 g/mol. The van der Waals surface area contributed by atoms with Crippen molar-refractivity contribution >= 4 is 11.8 Å². The number of ether oxygens (including phenoxy) is 2. The fourth-order valence-corrected chi connectivity index (χ4v) is 3.71. The molecule has 1 saturated heterocycles. The number of amides is 2. The van der Waals surface area contributed by atoms with Crippen molar-refractivity contribution in [1.82, 2.24) is 10.2 Å². The van der Waals surface area contributed by atoms with Crippen LogP contribution >= 0.6 is 0 Å². The van der Waals surface area contributed by atoms with E-state index in [-0.39, 0.29) is 29.6 Å². The molecular formula is C21H30N2O4. The van der Waals surface area contributed by atoms with E-state index in [1.165, 1.54) is 0 Å². The molecule has 27 heavy (non-hydrogen) atoms. The highest BCUT2D eigenvalue weighted by Gasteiger charge is 2.44. The first-order chi connectivity index (χ1) is 12.9. The maximum Gasteiger partial charge on any atom is 0.225 e. The molecule has 0 aromatic heterocycles. The third-order valence-electron chi connectivity index (χ3n) is 5.42. The first kappa shape index (κ1) is 19.5. The summed E-state index contributed by atoms with van der Waals surface area (Å²) in [6.07, 6.45) is 1.94. The van der Waals surface area contributed by atoms with Crippen LogP contribution < -0.4 is 14.8 Å². The Hall–Kier alpha value is -2.24. The van der Waals surface area contributed by atoms with E-state index in [0.717, 1.165) is 18.4 Å². The number of methoxy groups -OCH3 is 2. The van der Waals surface area contributed by atoms with Gasteiger partial charge in [-0.1, -0.05) is 19.9 Å². The fourth-order valence-electron chi connectivity index (χ4n) is 3.71. The van der Waals surface area contributed by atoms with Crippen LogP contribution in [0.4, 0.5) is 0 Å². The lowest BCUT2D eigenvalue weighted by molar-refractivity contribution is -0.132. The van der Waals surface area contributed by atoms with Gasteiger partial charge in [0.05, 0.1) is 20.1 Å². The summed E-state index contributed by atoms with van der Waals surface area (Å²) in [5.74, 6) is 1.79. The number of hydrogen-bond donors (Lipinski definition) is 1. The molecule has 1 N–H and O–H groups in total. The van der Waals surface area contributed by atoms with Gasteiger partial charge in [-0.05, 0) is 24.8 Å². The number of carbonyl (C=O) groups excluding carboxylic acids is 2. The van der Waals surface area contributed by atoms with Gasteiger partial charge in [0.15, 0.2) is 0 Å². The molecule has 0 spiro atoms. The Balaban J connectivity index is 1.86. The van der Waals surface area contributed by atoms with Gasteiger partial charge in [-0.3, -0.25) is 9.59 Å². The van der Waals surface area contributed by atoms with Crippen molar-refractivity contribution in [3.63, 3.8) is 0 Å². The summed E-state index contributed by atoms with van der Waals surface area (Å²) in [5.41, 5.74) is 0.953. The summed E-state index contributed by atoms with van der Waals surface area (Å²) in [5, 5.41) is 3.05. The number of benzene rings is 1. The van der Waals surface area contributed by atoms with Crippen molar-refractivity contribution in [1.29, 1.82) is 0 Å². The van der Waals surface area contributed by atoms with Crippen LogP contribution in [0.1, 0.15) is 38.2 Å². The van der Waals surface area contributed by atoms with Crippen molar-refractivity contribution in [2.24, 2.45) is 17.8 Å². The van der Waals surface area contributed by atoms with Gasteiger partial charge >= 0.3 is 0 Å². The minimum Gasteiger partial charge on any atom is -0.497 e. The topological polar surface area (TPSA) is 67.9 Å². The van der Waals surface area contributed by atoms with Gasteiger partial charge in [-0.25, -0.2) is 0 Å². The van der Waals surface area contributed by atoms with Crippen LogP contribution in [0.25, 0.3) is 0 Å². The fraction of sp³-hybridized carbons (Fsp3) is 0.619. The third-order valence-corrected chi connectivity index (χ3v) is 5.42. The Labute approximate surface area is 161 Å². The normalized spacial score (nSPS) is 22.0. The first-order valence-corrected chi connectivity index (χ1v) is 9.73. The van der Waals surface area contributed by atoms with Gasteiger partial charge in [0.25, 0.3) is 0 Å². The quantitative estimate of drug-likeness (QED) is 0.796. The molecule has 2 fully saturated rings. The van der Waals surface area contributed by atoms with Crippen LogP contribution in [0.3, 0.4) is 0 Å². The molecule has 2 unspecified atom stereocenters. The highest BCUT2D eigenvalue weighted by molar-refractivity contribution is 5.85. The Morgan fingerprint density at radius 2 is 1.93 bits per heavy atom. The number of likely N-dealkylation sites (tertiary alicyclic amines) is 1. The summed E-state index contributed by atoms with van der Waals surface area (Å²) in [7, 11) is 3.23. The Morgan fingerprint density at radius 3 is 2.52 bits per heavy atom. The van der Waals surface area contributed by atoms with Crippen molar-refractivity contribution < 1.29 is 19.1 Å². The molecule has 3 rings (SSSR count). The van der Waals surface area contributed by atoms with Gasteiger partial charge in [0.2, 0.25) is 11.8 Å². The minimum absolute atomic E-state index is 0.0117. The molecule has 148 valence electrons. The first-order valence-electron chi connectivity index (χ1n) is 9.73. The zero-order valence-corrected chi connectivity index (χ0v) is 16.7. The van der Waals surface area contributed by atoms with Crippen LogP contribution in [0.15, 0.2) is 18.2 Å². The molecule has 1 aliphatic carbocycles. The van der Waals surface area contributed by atoms with Gasteiger partial charge in [0.1, 0.15) is 11.5 Å². The molecule has 6 heteroatoms. The maximum atomic E-state index is 12.9. The largest absolute Gasteiger partial charge is 0.497 e. The van der Waals surface area contributed by atoms with E-state index in [1.54, 1.807) is 14.2 Å². The van der Waals surface area contributed by atoms with Crippen LogP contribution in [0.5, 0.6) is 11.5 Å². The monoisotopic (exact) mass is 374 g/mol. The standard InChI is InChI=1S/C21H30N2O4/c1-13(2)10-22-20(24)18-12-23(21(25)14-5-6-14)11-17(18)16-8-7-15(26-3)9-19(16)27-4/h7-9,13-14,17-18H,5-6,10-12H2,1-4H3,(H,22,24). The SMILES string of the molecule is COc1ccc(C2CN(C(=O)C3CC3)CC2C(=O)NCC(C)C)c(OC)c1. The number of carbonyl (C=O) groups is 2. The molecule has 2 atom stereocenters. The van der Waals surface area contributed by atoms with Gasteiger partial charge < -0.3 is 19.7 Å². The average molecular weight is 374 g/mol. The van der Waals surface area contributed by atoms with Crippen molar-refractivity contribution in [2.45, 2.75) is 32.6 Å². The van der Waals surface area contributed by atoms with E-state index in [4.69, 9.17) is 9.47 Å². The molecule has 1 saturated carbocycles. The van der Waals surface area contributed by atoms with Crippen molar-refractivity contribution in [2.75, 3.05) is 33.9 Å². The van der Waals surface area contributed by atoms with E-state index in [0.29, 0.717) is 37.1 Å². The second kappa shape index (κ2) is 8.19. The van der Waals surface area contributed by atoms with Gasteiger partial charge in [-0.15, -0.1) is 0 Å². The smallest absolute Gasteiger partial charge is 0.225 e. The van der Waals surface area contributed by atoms with E-state index >= 15 is 0 Å². The highest BCUT2D eigenvalue weighted by atomic mass is 16.5. The Morgan fingerprint density at radius 1 is 1.19 bits per heavy atom. The second-order valence-electron chi connectivity index (χ2n) is 7.98. The zero-order valence-electron chi connectivity index (χ0n) is 16.7. The lowest BCUT2D eigenvalue weighted by Gasteiger charge is -2.21. The molecule has 1 aliphatic heterocycles. The summed E-state index contributed by atoms with van der Waals surface area (Å²) < 4.78 is 10.9. The number of hydrogen-bond acceptors (Lipinski definition) is 4. The summed E-state index contributed by atoms with van der Waals surface area (Å²) >= 11 is 0. The lowest BCUT2D eigenvalue weighted by atomic mass is 9.87. The molecule has 1 heterocycles. The van der Waals surface area contributed by atoms with Gasteiger partial charge in [0, 0.05) is 43.1 Å². The molecule has 0 radical (unpaired) electrons. The van der Waals surface area contributed by atoms with Crippen molar-refractivity contribution in [3.05, 3.63) is 23.8 Å². The minimum atomic E-state index is -0.270. The van der Waals surface area contributed by atoms with Gasteiger partial charge in [-0.2, -0.15) is 0 Å². The lowest BCUT2D eigenvalue weighted by Crippen LogP contribution is -2.37. The van der Waals surface area contributed by atoms with E-state index in [2.05, 4.69) is 19.2 Å². The molecule has 6 nitrogen and oxygen atoms in total. The van der Waals surface area contributed by atoms with E-state index < -0.39 is 0 Å². The molecule has 2 amide bonds. The predicted octanol–water partition coefficient (Wildman–Crippen LogP) is 2.43. The molecule has 1 aromatic carbocycles. The Kier molecular flexibility index (Phi) is 5.92. The summed E-state index contributed by atoms with van der Waals surface area (Å²) in [6.45, 7) is 5.80. The highest BCUT2D eigenvalue weighted by Crippen LogP contribution is 2.41. The number of nitrogens with zero attached hydrogens (tertiary/aromatic N) is 1. The summed E-state index contributed by atoms with van der Waals surface area (Å²) in [6, 6.07) is 5.67. The third kappa shape index (κ3) is 4.37. The van der Waals surface area contributed by atoms with Crippen LogP contribution in [0, 0.1) is 17.8 Å². The average Bonchev–Trinajstić information content (AvgIpc) is 3.43. The predicted molar refractivity (Wildman–Crippen MR) is 103 cm³/mol. The Bertz CT molecular complexity index is 699. The van der Waals surface area contributed by atoms with Crippen molar-refractivity contribution in [3.8, 4) is 11.5 Å². The zero-order chi connectivity index (χ0) is 19.6. The van der Waals surface area contributed by atoms with E-state index in [9.17, 15) is 9.59 Å². The maximum absolute atomic E-state index is 12.9. The second-order valence-corrected chi connectivity index (χ2v) is 7.98. The van der Waals surface area contributed by atoms with Crippen LogP contribution in [0.2, 0.25) is 0 Å². The molecule has 1 aromatic rings. The molecule has 2 aliphatic rings. The van der Waals surface area contributed by atoms with Crippen LogP contribution in [-0.4, -0.2) is 50.6 Å². The van der Waals surface area contributed by atoms with E-state index in [1.807, 2.05) is 23.1 Å². The number of nitrogens with one attached hydrogen (secondary N) is 1. The summed E-state index contributed by atoms with van der Waals surface area (Å²) in [4.78, 5) is 27.4. The molecule has 0 bridgehead atoms. The number of rotatable bonds is 7.